The van der Waals surface area contributed by atoms with Gasteiger partial charge in [0.1, 0.15) is 0 Å². The largest absolute Gasteiger partial charge is 0.330 e. The Morgan fingerprint density at radius 1 is 1.58 bits per heavy atom. The minimum atomic E-state index is 0.584. The highest BCUT2D eigenvalue weighted by Gasteiger charge is 2.18. The molecular formula is C9H17N3. The summed E-state index contributed by atoms with van der Waals surface area (Å²) in [6, 6.07) is 2.19. The van der Waals surface area contributed by atoms with Crippen molar-refractivity contribution in [3.8, 4) is 6.07 Å². The van der Waals surface area contributed by atoms with Crippen LogP contribution in [0.1, 0.15) is 19.3 Å². The molecule has 0 saturated carbocycles. The molecule has 0 radical (unpaired) electrons. The Labute approximate surface area is 74.1 Å². The lowest BCUT2D eigenvalue weighted by Crippen LogP contribution is -2.36. The van der Waals surface area contributed by atoms with E-state index in [1.807, 2.05) is 0 Å². The lowest BCUT2D eigenvalue weighted by Gasteiger charge is -2.30. The molecule has 0 aromatic heterocycles. The smallest absolute Gasteiger partial charge is 0.0866 e. The van der Waals surface area contributed by atoms with Gasteiger partial charge in [0, 0.05) is 6.54 Å². The monoisotopic (exact) mass is 167 g/mol. The van der Waals surface area contributed by atoms with Crippen LogP contribution in [0.4, 0.5) is 0 Å². The van der Waals surface area contributed by atoms with E-state index in [2.05, 4.69) is 11.0 Å². The maximum absolute atomic E-state index is 8.52. The summed E-state index contributed by atoms with van der Waals surface area (Å²) in [4.78, 5) is 2.23. The molecule has 0 amide bonds. The van der Waals surface area contributed by atoms with Crippen LogP contribution in [0.15, 0.2) is 0 Å². The van der Waals surface area contributed by atoms with Gasteiger partial charge in [0.2, 0.25) is 0 Å². The van der Waals surface area contributed by atoms with E-state index in [1.54, 1.807) is 0 Å². The van der Waals surface area contributed by atoms with Gasteiger partial charge in [0.05, 0.1) is 12.6 Å². The Kier molecular flexibility index (Phi) is 4.06. The van der Waals surface area contributed by atoms with Gasteiger partial charge < -0.3 is 5.73 Å². The zero-order chi connectivity index (χ0) is 8.81. The van der Waals surface area contributed by atoms with Crippen molar-refractivity contribution in [2.75, 3.05) is 26.2 Å². The number of nitrogens with two attached hydrogens (primary N) is 1. The van der Waals surface area contributed by atoms with Gasteiger partial charge in [0.15, 0.2) is 0 Å². The van der Waals surface area contributed by atoms with Crippen LogP contribution in [0, 0.1) is 17.2 Å². The Hall–Kier alpha value is -0.590. The molecule has 3 heteroatoms. The van der Waals surface area contributed by atoms with Gasteiger partial charge in [-0.3, -0.25) is 4.90 Å². The molecule has 1 heterocycles. The van der Waals surface area contributed by atoms with Gasteiger partial charge in [-0.2, -0.15) is 5.26 Å². The van der Waals surface area contributed by atoms with E-state index in [0.29, 0.717) is 6.54 Å². The third-order valence-electron chi connectivity index (χ3n) is 2.47. The Balaban J connectivity index is 2.26. The molecule has 1 aliphatic rings. The van der Waals surface area contributed by atoms with E-state index in [0.717, 1.165) is 32.0 Å². The number of piperidine rings is 1. The second kappa shape index (κ2) is 5.13. The minimum Gasteiger partial charge on any atom is -0.330 e. The number of rotatable bonds is 3. The maximum Gasteiger partial charge on any atom is 0.0866 e. The molecule has 3 nitrogen and oxygen atoms in total. The van der Waals surface area contributed by atoms with Crippen molar-refractivity contribution in [2.45, 2.75) is 19.3 Å². The number of nitrogens with zero attached hydrogens (tertiary/aromatic N) is 2. The molecule has 0 aromatic rings. The third-order valence-corrected chi connectivity index (χ3v) is 2.47. The zero-order valence-electron chi connectivity index (χ0n) is 7.50. The third kappa shape index (κ3) is 2.80. The highest BCUT2D eigenvalue weighted by molar-refractivity contribution is 4.81. The standard InChI is InChI=1S/C9H17N3/c10-4-3-9-2-1-6-12(8-9)7-5-11/h9H,1-4,6-8,10H2. The first-order chi connectivity index (χ1) is 5.86. The molecule has 2 N–H and O–H groups in total. The van der Waals surface area contributed by atoms with Crippen molar-refractivity contribution >= 4 is 0 Å². The van der Waals surface area contributed by atoms with Gasteiger partial charge >= 0.3 is 0 Å². The Bertz CT molecular complexity index is 160. The fourth-order valence-corrected chi connectivity index (χ4v) is 1.87. The highest BCUT2D eigenvalue weighted by Crippen LogP contribution is 2.18. The molecule has 0 spiro atoms. The summed E-state index contributed by atoms with van der Waals surface area (Å²) in [6.45, 7) is 3.53. The number of nitriles is 1. The SMILES string of the molecule is N#CCN1CCCC(CCN)C1. The predicted octanol–water partition coefficient (Wildman–Crippen LogP) is 0.571. The minimum absolute atomic E-state index is 0.584. The molecule has 1 saturated heterocycles. The van der Waals surface area contributed by atoms with E-state index in [9.17, 15) is 0 Å². The van der Waals surface area contributed by atoms with Crippen LogP contribution in [0.25, 0.3) is 0 Å². The molecule has 1 fully saturated rings. The van der Waals surface area contributed by atoms with Crippen LogP contribution in [0.3, 0.4) is 0 Å². The second-order valence-electron chi connectivity index (χ2n) is 3.48. The fraction of sp³-hybridized carbons (Fsp3) is 0.889. The number of hydrogen-bond donors (Lipinski definition) is 1. The summed E-state index contributed by atoms with van der Waals surface area (Å²) < 4.78 is 0. The normalized spacial score (nSPS) is 25.2. The van der Waals surface area contributed by atoms with E-state index in [-0.39, 0.29) is 0 Å². The van der Waals surface area contributed by atoms with Crippen LogP contribution >= 0.6 is 0 Å². The van der Waals surface area contributed by atoms with Gasteiger partial charge in [-0.15, -0.1) is 0 Å². The van der Waals surface area contributed by atoms with Crippen LogP contribution in [0.5, 0.6) is 0 Å². The van der Waals surface area contributed by atoms with Crippen molar-refractivity contribution < 1.29 is 0 Å². The number of hydrogen-bond acceptors (Lipinski definition) is 3. The van der Waals surface area contributed by atoms with Crippen molar-refractivity contribution in [3.63, 3.8) is 0 Å². The Morgan fingerprint density at radius 2 is 2.42 bits per heavy atom. The molecule has 1 atom stereocenters. The van der Waals surface area contributed by atoms with Crippen LogP contribution in [0.2, 0.25) is 0 Å². The summed E-state index contributed by atoms with van der Waals surface area (Å²) in [6.07, 6.45) is 3.63. The highest BCUT2D eigenvalue weighted by atomic mass is 15.1. The van der Waals surface area contributed by atoms with Crippen LogP contribution in [-0.4, -0.2) is 31.1 Å². The molecule has 68 valence electrons. The van der Waals surface area contributed by atoms with Gasteiger partial charge in [0.25, 0.3) is 0 Å². The quantitative estimate of drug-likeness (QED) is 0.625. The van der Waals surface area contributed by atoms with Crippen LogP contribution in [-0.2, 0) is 0 Å². The van der Waals surface area contributed by atoms with Crippen molar-refractivity contribution in [1.29, 1.82) is 5.26 Å². The van der Waals surface area contributed by atoms with E-state index in [1.165, 1.54) is 12.8 Å². The summed E-state index contributed by atoms with van der Waals surface area (Å²) >= 11 is 0. The summed E-state index contributed by atoms with van der Waals surface area (Å²) in [5.41, 5.74) is 5.50. The summed E-state index contributed by atoms with van der Waals surface area (Å²) in [5, 5.41) is 8.52. The van der Waals surface area contributed by atoms with Crippen molar-refractivity contribution in [1.82, 2.24) is 4.90 Å². The van der Waals surface area contributed by atoms with Gasteiger partial charge in [-0.1, -0.05) is 0 Å². The molecule has 1 rings (SSSR count). The number of likely N-dealkylation sites (tertiary alicyclic amines) is 1. The molecule has 0 bridgehead atoms. The molecule has 1 unspecified atom stereocenters. The van der Waals surface area contributed by atoms with E-state index >= 15 is 0 Å². The first-order valence-corrected chi connectivity index (χ1v) is 4.66. The van der Waals surface area contributed by atoms with Crippen molar-refractivity contribution in [2.24, 2.45) is 11.7 Å². The zero-order valence-corrected chi connectivity index (χ0v) is 7.50. The van der Waals surface area contributed by atoms with E-state index < -0.39 is 0 Å². The molecular weight excluding hydrogens is 150 g/mol. The van der Waals surface area contributed by atoms with Gasteiger partial charge in [-0.25, -0.2) is 0 Å². The summed E-state index contributed by atoms with van der Waals surface area (Å²) in [7, 11) is 0. The molecule has 0 aromatic carbocycles. The maximum atomic E-state index is 8.52. The second-order valence-corrected chi connectivity index (χ2v) is 3.48. The lowest BCUT2D eigenvalue weighted by molar-refractivity contribution is 0.188. The molecule has 12 heavy (non-hydrogen) atoms. The predicted molar refractivity (Wildman–Crippen MR) is 48.4 cm³/mol. The lowest BCUT2D eigenvalue weighted by atomic mass is 9.95. The summed E-state index contributed by atoms with van der Waals surface area (Å²) in [5.74, 6) is 0.733. The molecule has 1 aliphatic heterocycles. The topological polar surface area (TPSA) is 53.0 Å². The Morgan fingerprint density at radius 3 is 3.08 bits per heavy atom. The fourth-order valence-electron chi connectivity index (χ4n) is 1.87. The average Bonchev–Trinajstić information content (AvgIpc) is 2.06. The van der Waals surface area contributed by atoms with Gasteiger partial charge in [-0.05, 0) is 38.3 Å². The van der Waals surface area contributed by atoms with Crippen molar-refractivity contribution in [3.05, 3.63) is 0 Å². The first-order valence-electron chi connectivity index (χ1n) is 4.66. The average molecular weight is 167 g/mol. The first kappa shape index (κ1) is 9.50. The van der Waals surface area contributed by atoms with Crippen LogP contribution < -0.4 is 5.73 Å². The van der Waals surface area contributed by atoms with E-state index in [4.69, 9.17) is 11.0 Å². The molecule has 0 aliphatic carbocycles.